The molecule has 2 rings (SSSR count). The molecule has 0 aromatic rings. The summed E-state index contributed by atoms with van der Waals surface area (Å²) in [6.45, 7) is 0. The van der Waals surface area contributed by atoms with Gasteiger partial charge in [0.05, 0.1) is 6.10 Å². The maximum atomic E-state index is 9.71. The van der Waals surface area contributed by atoms with Crippen molar-refractivity contribution in [3.8, 4) is 0 Å². The first-order chi connectivity index (χ1) is 6.86. The summed E-state index contributed by atoms with van der Waals surface area (Å²) >= 11 is 0. The molecule has 0 saturated heterocycles. The van der Waals surface area contributed by atoms with Crippen molar-refractivity contribution >= 4 is 0 Å². The minimum absolute atomic E-state index is 0.144. The van der Waals surface area contributed by atoms with Gasteiger partial charge in [0.25, 0.3) is 0 Å². The molecule has 1 heteroatoms. The van der Waals surface area contributed by atoms with Gasteiger partial charge >= 0.3 is 0 Å². The molecular weight excluding hydrogens is 172 g/mol. The molecule has 0 amide bonds. The van der Waals surface area contributed by atoms with Crippen LogP contribution in [0.25, 0.3) is 0 Å². The molecule has 0 radical (unpaired) electrons. The van der Waals surface area contributed by atoms with Crippen molar-refractivity contribution < 1.29 is 5.11 Å². The lowest BCUT2D eigenvalue weighted by molar-refractivity contribution is 0.210. The van der Waals surface area contributed by atoms with Crippen LogP contribution in [-0.4, -0.2) is 11.2 Å². The monoisotopic (exact) mass is 194 g/mol. The van der Waals surface area contributed by atoms with E-state index in [1.807, 2.05) is 0 Å². The van der Waals surface area contributed by atoms with Gasteiger partial charge in [0, 0.05) is 0 Å². The number of aliphatic hydroxyl groups is 1. The molecule has 1 saturated carbocycles. The molecule has 2 aliphatic carbocycles. The number of allylic oxidation sites excluding steroid dienone is 1. The minimum Gasteiger partial charge on any atom is -0.389 e. The van der Waals surface area contributed by atoms with Crippen LogP contribution in [0.15, 0.2) is 11.6 Å². The van der Waals surface area contributed by atoms with Gasteiger partial charge in [0.15, 0.2) is 0 Å². The molecule has 80 valence electrons. The topological polar surface area (TPSA) is 20.2 Å². The molecule has 0 aromatic heterocycles. The summed E-state index contributed by atoms with van der Waals surface area (Å²) in [5.41, 5.74) is 1.58. The lowest BCUT2D eigenvalue weighted by Gasteiger charge is -2.24. The Hall–Kier alpha value is -0.300. The summed E-state index contributed by atoms with van der Waals surface area (Å²) in [5, 5.41) is 9.71. The Balaban J connectivity index is 1.98. The van der Waals surface area contributed by atoms with Crippen LogP contribution in [0.4, 0.5) is 0 Å². The summed E-state index contributed by atoms with van der Waals surface area (Å²) in [4.78, 5) is 0. The van der Waals surface area contributed by atoms with Crippen LogP contribution in [0.5, 0.6) is 0 Å². The zero-order valence-electron chi connectivity index (χ0n) is 9.04. The van der Waals surface area contributed by atoms with E-state index in [1.165, 1.54) is 51.4 Å². The van der Waals surface area contributed by atoms with Crippen LogP contribution in [0.3, 0.4) is 0 Å². The Labute approximate surface area is 87.2 Å². The SMILES string of the molecule is OC1C=C(C2CCCCC2)CCCC1. The summed E-state index contributed by atoms with van der Waals surface area (Å²) in [6, 6.07) is 0. The van der Waals surface area contributed by atoms with E-state index >= 15 is 0 Å². The molecule has 0 aromatic carbocycles. The van der Waals surface area contributed by atoms with E-state index in [9.17, 15) is 5.11 Å². The highest BCUT2D eigenvalue weighted by Crippen LogP contribution is 2.34. The first-order valence-corrected chi connectivity index (χ1v) is 6.25. The summed E-state index contributed by atoms with van der Waals surface area (Å²) in [5.74, 6) is 0.816. The largest absolute Gasteiger partial charge is 0.389 e. The van der Waals surface area contributed by atoms with Crippen LogP contribution in [0.1, 0.15) is 57.8 Å². The minimum atomic E-state index is -0.144. The van der Waals surface area contributed by atoms with Crippen LogP contribution >= 0.6 is 0 Å². The molecule has 1 N–H and O–H groups in total. The second-order valence-electron chi connectivity index (χ2n) is 4.89. The van der Waals surface area contributed by atoms with Crippen LogP contribution in [0.2, 0.25) is 0 Å². The van der Waals surface area contributed by atoms with E-state index < -0.39 is 0 Å². The number of rotatable bonds is 1. The molecule has 0 heterocycles. The first-order valence-electron chi connectivity index (χ1n) is 6.25. The van der Waals surface area contributed by atoms with Crippen molar-refractivity contribution in [2.45, 2.75) is 63.9 Å². The third-order valence-electron chi connectivity index (χ3n) is 3.75. The second kappa shape index (κ2) is 4.97. The molecule has 0 spiro atoms. The first kappa shape index (κ1) is 10.2. The summed E-state index contributed by atoms with van der Waals surface area (Å²) in [7, 11) is 0. The van der Waals surface area contributed by atoms with Crippen molar-refractivity contribution in [1.29, 1.82) is 0 Å². The maximum Gasteiger partial charge on any atom is 0.0723 e. The van der Waals surface area contributed by atoms with Gasteiger partial charge in [-0.1, -0.05) is 37.3 Å². The van der Waals surface area contributed by atoms with Gasteiger partial charge in [-0.3, -0.25) is 0 Å². The quantitative estimate of drug-likeness (QED) is 0.634. The van der Waals surface area contributed by atoms with Crippen LogP contribution in [-0.2, 0) is 0 Å². The van der Waals surface area contributed by atoms with Gasteiger partial charge in [-0.2, -0.15) is 0 Å². The van der Waals surface area contributed by atoms with E-state index in [4.69, 9.17) is 0 Å². The van der Waals surface area contributed by atoms with E-state index in [0.29, 0.717) is 0 Å². The number of hydrogen-bond acceptors (Lipinski definition) is 1. The fraction of sp³-hybridized carbons (Fsp3) is 0.846. The molecular formula is C13H22O. The molecule has 1 unspecified atom stereocenters. The fourth-order valence-electron chi connectivity index (χ4n) is 2.91. The third kappa shape index (κ3) is 2.60. The predicted molar refractivity (Wildman–Crippen MR) is 59.1 cm³/mol. The van der Waals surface area contributed by atoms with Crippen LogP contribution < -0.4 is 0 Å². The molecule has 1 atom stereocenters. The molecule has 1 nitrogen and oxygen atoms in total. The Morgan fingerprint density at radius 3 is 2.43 bits per heavy atom. The second-order valence-corrected chi connectivity index (χ2v) is 4.89. The summed E-state index contributed by atoms with van der Waals surface area (Å²) < 4.78 is 0. The lowest BCUT2D eigenvalue weighted by Crippen LogP contribution is -2.10. The van der Waals surface area contributed by atoms with Crippen molar-refractivity contribution in [2.75, 3.05) is 0 Å². The van der Waals surface area contributed by atoms with Gasteiger partial charge in [-0.25, -0.2) is 0 Å². The Morgan fingerprint density at radius 1 is 0.929 bits per heavy atom. The predicted octanol–water partition coefficient (Wildman–Crippen LogP) is 3.43. The third-order valence-corrected chi connectivity index (χ3v) is 3.75. The zero-order chi connectivity index (χ0) is 9.80. The Morgan fingerprint density at radius 2 is 1.64 bits per heavy atom. The van der Waals surface area contributed by atoms with Gasteiger partial charge in [0.2, 0.25) is 0 Å². The number of hydrogen-bond donors (Lipinski definition) is 1. The summed E-state index contributed by atoms with van der Waals surface area (Å²) in [6.07, 6.45) is 13.7. The highest BCUT2D eigenvalue weighted by atomic mass is 16.3. The van der Waals surface area contributed by atoms with Crippen molar-refractivity contribution in [2.24, 2.45) is 5.92 Å². The lowest BCUT2D eigenvalue weighted by atomic mass is 9.82. The average molecular weight is 194 g/mol. The van der Waals surface area contributed by atoms with Gasteiger partial charge < -0.3 is 5.11 Å². The molecule has 0 bridgehead atoms. The zero-order valence-corrected chi connectivity index (χ0v) is 9.04. The number of aliphatic hydroxyl groups excluding tert-OH is 1. The van der Waals surface area contributed by atoms with Gasteiger partial charge in [-0.15, -0.1) is 0 Å². The van der Waals surface area contributed by atoms with E-state index in [1.54, 1.807) is 5.57 Å². The molecule has 0 aliphatic heterocycles. The van der Waals surface area contributed by atoms with E-state index in [0.717, 1.165) is 12.3 Å². The molecule has 1 fully saturated rings. The normalized spacial score (nSPS) is 30.9. The smallest absolute Gasteiger partial charge is 0.0723 e. The van der Waals surface area contributed by atoms with Crippen molar-refractivity contribution in [3.05, 3.63) is 11.6 Å². The van der Waals surface area contributed by atoms with Crippen molar-refractivity contribution in [3.63, 3.8) is 0 Å². The highest BCUT2D eigenvalue weighted by molar-refractivity contribution is 5.11. The molecule has 14 heavy (non-hydrogen) atoms. The van der Waals surface area contributed by atoms with E-state index in [2.05, 4.69) is 6.08 Å². The highest BCUT2D eigenvalue weighted by Gasteiger charge is 2.19. The Kier molecular flexibility index (Phi) is 3.63. The fourth-order valence-corrected chi connectivity index (χ4v) is 2.91. The van der Waals surface area contributed by atoms with E-state index in [-0.39, 0.29) is 6.10 Å². The van der Waals surface area contributed by atoms with Crippen molar-refractivity contribution in [1.82, 2.24) is 0 Å². The Bertz CT molecular complexity index is 201. The van der Waals surface area contributed by atoms with Crippen LogP contribution in [0, 0.1) is 5.92 Å². The van der Waals surface area contributed by atoms with Gasteiger partial charge in [0.1, 0.15) is 0 Å². The standard InChI is InChI=1S/C13H22O/c14-13-9-5-4-8-12(10-13)11-6-2-1-3-7-11/h10-11,13-14H,1-9H2. The van der Waals surface area contributed by atoms with Gasteiger partial charge in [-0.05, 0) is 38.0 Å². The average Bonchev–Trinajstić information content (AvgIpc) is 2.44. The maximum absolute atomic E-state index is 9.71. The molecule has 2 aliphatic rings.